The zero-order valence-electron chi connectivity index (χ0n) is 19.6. The van der Waals surface area contributed by atoms with Gasteiger partial charge in [-0.3, -0.25) is 14.3 Å². The predicted octanol–water partition coefficient (Wildman–Crippen LogP) is 3.58. The summed E-state index contributed by atoms with van der Waals surface area (Å²) in [6, 6.07) is 12.2. The fourth-order valence-electron chi connectivity index (χ4n) is 4.56. The maximum absolute atomic E-state index is 5.68. The molecule has 6 rings (SSSR count). The lowest BCUT2D eigenvalue weighted by atomic mass is 10.1. The van der Waals surface area contributed by atoms with E-state index in [-0.39, 0.29) is 6.79 Å². The third-order valence-electron chi connectivity index (χ3n) is 6.38. The maximum atomic E-state index is 5.68. The van der Waals surface area contributed by atoms with E-state index < -0.39 is 0 Å². The van der Waals surface area contributed by atoms with Crippen LogP contribution in [0.3, 0.4) is 0 Å². The number of aromatic nitrogens is 3. The first kappa shape index (κ1) is 21.7. The molecule has 0 radical (unpaired) electrons. The quantitative estimate of drug-likeness (QED) is 0.436. The normalized spacial score (nSPS) is 15.5. The molecular weight excluding hydrogens is 446 g/mol. The lowest BCUT2D eigenvalue weighted by Crippen LogP contribution is -2.35. The molecule has 2 aliphatic heterocycles. The van der Waals surface area contributed by atoms with Crippen LogP contribution in [0.5, 0.6) is 17.2 Å². The van der Waals surface area contributed by atoms with Gasteiger partial charge in [0.05, 0.1) is 26.5 Å². The highest BCUT2D eigenvalue weighted by Gasteiger charge is 2.19. The number of ether oxygens (including phenoxy) is 4. The van der Waals surface area contributed by atoms with Crippen LogP contribution in [0.1, 0.15) is 11.1 Å². The van der Waals surface area contributed by atoms with Crippen LogP contribution < -0.4 is 19.5 Å². The number of morpholine rings is 1. The number of nitrogens with one attached hydrogen (secondary N) is 1. The second-order valence-corrected chi connectivity index (χ2v) is 8.57. The molecule has 1 saturated heterocycles. The van der Waals surface area contributed by atoms with E-state index in [9.17, 15) is 0 Å². The number of hydrogen-bond donors (Lipinski definition) is 1. The summed E-state index contributed by atoms with van der Waals surface area (Å²) < 4.78 is 24.2. The largest absolute Gasteiger partial charge is 0.496 e. The van der Waals surface area contributed by atoms with Gasteiger partial charge in [0.25, 0.3) is 0 Å². The first-order chi connectivity index (χ1) is 17.3. The van der Waals surface area contributed by atoms with Gasteiger partial charge in [0, 0.05) is 49.7 Å². The summed E-state index contributed by atoms with van der Waals surface area (Å²) in [5.74, 6) is 3.33. The second-order valence-electron chi connectivity index (χ2n) is 8.57. The van der Waals surface area contributed by atoms with Crippen molar-refractivity contribution in [2.45, 2.75) is 13.1 Å². The summed E-state index contributed by atoms with van der Waals surface area (Å²) in [5, 5.41) is 3.59. The third-order valence-corrected chi connectivity index (χ3v) is 6.38. The van der Waals surface area contributed by atoms with Crippen LogP contribution >= 0.6 is 0 Å². The van der Waals surface area contributed by atoms with E-state index in [0.29, 0.717) is 6.54 Å². The van der Waals surface area contributed by atoms with Crippen molar-refractivity contribution in [2.75, 3.05) is 45.5 Å². The predicted molar refractivity (Wildman–Crippen MR) is 131 cm³/mol. The van der Waals surface area contributed by atoms with Gasteiger partial charge in [-0.2, -0.15) is 0 Å². The topological polar surface area (TPSA) is 82.4 Å². The Balaban J connectivity index is 1.33. The number of imidazole rings is 1. The Labute approximate surface area is 203 Å². The van der Waals surface area contributed by atoms with Gasteiger partial charge in [-0.25, -0.2) is 4.98 Å². The van der Waals surface area contributed by atoms with Crippen LogP contribution in [0.15, 0.2) is 55.0 Å². The SMILES string of the molecule is COc1ccc(-c2nc3cnccn3c2NCc2ccc3c(c2)OCO3)cc1CN1CCOCC1. The highest BCUT2D eigenvalue weighted by molar-refractivity contribution is 5.77. The number of fused-ring (bicyclic) bond motifs is 2. The monoisotopic (exact) mass is 473 g/mol. The van der Waals surface area contributed by atoms with E-state index in [0.717, 1.165) is 83.9 Å². The molecule has 2 aromatic heterocycles. The number of rotatable bonds is 7. The lowest BCUT2D eigenvalue weighted by Gasteiger charge is -2.27. The van der Waals surface area contributed by atoms with Gasteiger partial charge in [-0.1, -0.05) is 6.07 Å². The van der Waals surface area contributed by atoms with Crippen LogP contribution in [0.2, 0.25) is 0 Å². The molecule has 0 atom stereocenters. The highest BCUT2D eigenvalue weighted by Crippen LogP contribution is 2.35. The van der Waals surface area contributed by atoms with Gasteiger partial charge >= 0.3 is 0 Å². The Hall–Kier alpha value is -3.82. The number of benzene rings is 2. The van der Waals surface area contributed by atoms with Gasteiger partial charge in [-0.15, -0.1) is 0 Å². The maximum Gasteiger partial charge on any atom is 0.231 e. The van der Waals surface area contributed by atoms with Crippen molar-refractivity contribution in [1.82, 2.24) is 19.3 Å². The minimum absolute atomic E-state index is 0.265. The van der Waals surface area contributed by atoms with Crippen molar-refractivity contribution in [3.8, 4) is 28.5 Å². The Morgan fingerprint density at radius 1 is 1.06 bits per heavy atom. The molecule has 0 unspecified atom stereocenters. The standard InChI is InChI=1S/C26H27N5O4/c1-32-21-5-3-19(13-20(21)16-30-8-10-33-11-9-30)25-26(31-7-6-27-15-24(31)29-25)28-14-18-2-4-22-23(12-18)35-17-34-22/h2-7,12-13,15,28H,8-11,14,16-17H2,1H3. The Bertz CT molecular complexity index is 1350. The molecule has 0 aliphatic carbocycles. The molecule has 0 amide bonds. The van der Waals surface area contributed by atoms with Crippen molar-refractivity contribution in [2.24, 2.45) is 0 Å². The van der Waals surface area contributed by atoms with Gasteiger partial charge in [0.1, 0.15) is 17.3 Å². The van der Waals surface area contributed by atoms with Gasteiger partial charge in [0.2, 0.25) is 6.79 Å². The molecule has 35 heavy (non-hydrogen) atoms. The highest BCUT2D eigenvalue weighted by atomic mass is 16.7. The fourth-order valence-corrected chi connectivity index (χ4v) is 4.56. The molecule has 4 heterocycles. The fraction of sp³-hybridized carbons (Fsp3) is 0.308. The summed E-state index contributed by atoms with van der Waals surface area (Å²) in [6.45, 7) is 5.02. The minimum atomic E-state index is 0.265. The molecule has 2 aromatic carbocycles. The van der Waals surface area contributed by atoms with Crippen molar-refractivity contribution in [1.29, 1.82) is 0 Å². The van der Waals surface area contributed by atoms with Crippen LogP contribution in [0, 0.1) is 0 Å². The smallest absolute Gasteiger partial charge is 0.231 e. The second kappa shape index (κ2) is 9.44. The zero-order chi connectivity index (χ0) is 23.6. The molecule has 9 nitrogen and oxygen atoms in total. The molecule has 1 N–H and O–H groups in total. The van der Waals surface area contributed by atoms with Crippen LogP contribution in [0.25, 0.3) is 16.9 Å². The van der Waals surface area contributed by atoms with E-state index >= 15 is 0 Å². The lowest BCUT2D eigenvalue weighted by molar-refractivity contribution is 0.0339. The van der Waals surface area contributed by atoms with E-state index in [4.69, 9.17) is 23.9 Å². The van der Waals surface area contributed by atoms with Gasteiger partial charge in [0.15, 0.2) is 17.1 Å². The van der Waals surface area contributed by atoms with Gasteiger partial charge in [-0.05, 0) is 35.9 Å². The summed E-state index contributed by atoms with van der Waals surface area (Å²) in [5.41, 5.74) is 4.88. The molecule has 1 fully saturated rings. The van der Waals surface area contributed by atoms with Crippen LogP contribution in [-0.2, 0) is 17.8 Å². The summed E-state index contributed by atoms with van der Waals surface area (Å²) >= 11 is 0. The minimum Gasteiger partial charge on any atom is -0.496 e. The number of hydrogen-bond acceptors (Lipinski definition) is 8. The number of nitrogens with zero attached hydrogens (tertiary/aromatic N) is 4. The van der Waals surface area contributed by atoms with Crippen molar-refractivity contribution in [3.05, 3.63) is 66.1 Å². The molecule has 180 valence electrons. The van der Waals surface area contributed by atoms with Crippen molar-refractivity contribution in [3.63, 3.8) is 0 Å². The Morgan fingerprint density at radius 3 is 2.83 bits per heavy atom. The average Bonchev–Trinajstić information content (AvgIpc) is 3.52. The van der Waals surface area contributed by atoms with E-state index in [2.05, 4.69) is 27.3 Å². The van der Waals surface area contributed by atoms with Crippen molar-refractivity contribution >= 4 is 11.5 Å². The molecule has 9 heteroatoms. The van der Waals surface area contributed by atoms with Crippen LogP contribution in [-0.4, -0.2) is 59.5 Å². The van der Waals surface area contributed by atoms with Crippen LogP contribution in [0.4, 0.5) is 5.82 Å². The average molecular weight is 474 g/mol. The Kier molecular flexibility index (Phi) is 5.85. The first-order valence-corrected chi connectivity index (χ1v) is 11.7. The third kappa shape index (κ3) is 4.36. The number of methoxy groups -OCH3 is 1. The molecular formula is C26H27N5O4. The summed E-state index contributed by atoms with van der Waals surface area (Å²) in [4.78, 5) is 11.6. The molecule has 0 spiro atoms. The van der Waals surface area contributed by atoms with E-state index in [1.807, 2.05) is 34.9 Å². The van der Waals surface area contributed by atoms with Crippen molar-refractivity contribution < 1.29 is 18.9 Å². The summed E-state index contributed by atoms with van der Waals surface area (Å²) in [6.07, 6.45) is 5.46. The first-order valence-electron chi connectivity index (χ1n) is 11.7. The molecule has 0 saturated carbocycles. The molecule has 0 bridgehead atoms. The Morgan fingerprint density at radius 2 is 1.94 bits per heavy atom. The number of anilines is 1. The zero-order valence-corrected chi connectivity index (χ0v) is 19.6. The van der Waals surface area contributed by atoms with E-state index in [1.165, 1.54) is 0 Å². The van der Waals surface area contributed by atoms with E-state index in [1.54, 1.807) is 19.5 Å². The molecule has 2 aliphatic rings. The molecule has 4 aromatic rings. The summed E-state index contributed by atoms with van der Waals surface area (Å²) in [7, 11) is 1.72. The van der Waals surface area contributed by atoms with Gasteiger partial charge < -0.3 is 24.3 Å².